The van der Waals surface area contributed by atoms with Gasteiger partial charge in [0.2, 0.25) is 0 Å². The topological polar surface area (TPSA) is 58.6 Å². The molecule has 1 unspecified atom stereocenters. The molecule has 0 radical (unpaired) electrons. The SMILES string of the molecule is C#CCCCNCC(C)(O)C(=O)OC. The highest BCUT2D eigenvalue weighted by Crippen LogP contribution is 2.03. The van der Waals surface area contributed by atoms with Crippen molar-refractivity contribution in [2.45, 2.75) is 25.4 Å². The van der Waals surface area contributed by atoms with Crippen molar-refractivity contribution < 1.29 is 14.6 Å². The van der Waals surface area contributed by atoms with Gasteiger partial charge in [-0.15, -0.1) is 12.3 Å². The van der Waals surface area contributed by atoms with E-state index in [1.165, 1.54) is 14.0 Å². The molecule has 0 rings (SSSR count). The second-order valence-electron chi connectivity index (χ2n) is 3.25. The Morgan fingerprint density at radius 2 is 2.36 bits per heavy atom. The number of aliphatic hydroxyl groups is 1. The lowest BCUT2D eigenvalue weighted by atomic mass is 10.1. The molecule has 0 saturated carbocycles. The number of methoxy groups -OCH3 is 1. The third kappa shape index (κ3) is 4.85. The number of nitrogens with one attached hydrogen (secondary N) is 1. The summed E-state index contributed by atoms with van der Waals surface area (Å²) in [6.07, 6.45) is 6.58. The third-order valence-corrected chi connectivity index (χ3v) is 1.77. The lowest BCUT2D eigenvalue weighted by molar-refractivity contribution is -0.159. The zero-order valence-corrected chi connectivity index (χ0v) is 8.67. The molecular weight excluding hydrogens is 182 g/mol. The average Bonchev–Trinajstić information content (AvgIpc) is 2.16. The van der Waals surface area contributed by atoms with Gasteiger partial charge in [0.15, 0.2) is 5.60 Å². The number of hydrogen-bond acceptors (Lipinski definition) is 4. The standard InChI is InChI=1S/C10H17NO3/c1-4-5-6-7-11-8-10(2,13)9(12)14-3/h1,11,13H,5-8H2,2-3H3. The van der Waals surface area contributed by atoms with Crippen LogP contribution in [0.25, 0.3) is 0 Å². The Hall–Kier alpha value is -1.05. The van der Waals surface area contributed by atoms with Crippen molar-refractivity contribution in [2.75, 3.05) is 20.2 Å². The first kappa shape index (κ1) is 12.9. The summed E-state index contributed by atoms with van der Waals surface area (Å²) in [5, 5.41) is 12.5. The van der Waals surface area contributed by atoms with Gasteiger partial charge in [0.25, 0.3) is 0 Å². The Morgan fingerprint density at radius 3 is 2.86 bits per heavy atom. The highest BCUT2D eigenvalue weighted by molar-refractivity contribution is 5.78. The molecular formula is C10H17NO3. The van der Waals surface area contributed by atoms with Gasteiger partial charge in [-0.05, 0) is 19.9 Å². The van der Waals surface area contributed by atoms with Gasteiger partial charge < -0.3 is 15.2 Å². The van der Waals surface area contributed by atoms with Crippen molar-refractivity contribution in [3.8, 4) is 12.3 Å². The van der Waals surface area contributed by atoms with E-state index in [-0.39, 0.29) is 6.54 Å². The van der Waals surface area contributed by atoms with Crippen molar-refractivity contribution in [3.05, 3.63) is 0 Å². The second-order valence-corrected chi connectivity index (χ2v) is 3.25. The summed E-state index contributed by atoms with van der Waals surface area (Å²) in [6.45, 7) is 2.26. The maximum absolute atomic E-state index is 11.0. The smallest absolute Gasteiger partial charge is 0.338 e. The van der Waals surface area contributed by atoms with Gasteiger partial charge >= 0.3 is 5.97 Å². The van der Waals surface area contributed by atoms with Gasteiger partial charge in [-0.2, -0.15) is 0 Å². The summed E-state index contributed by atoms with van der Waals surface area (Å²) in [6, 6.07) is 0. The monoisotopic (exact) mass is 199 g/mol. The summed E-state index contributed by atoms with van der Waals surface area (Å²) in [5.41, 5.74) is -1.47. The largest absolute Gasteiger partial charge is 0.467 e. The van der Waals surface area contributed by atoms with Crippen LogP contribution in [0.3, 0.4) is 0 Å². The maximum atomic E-state index is 11.0. The number of carbonyl (C=O) groups excluding carboxylic acids is 1. The Balaban J connectivity index is 3.67. The van der Waals surface area contributed by atoms with E-state index in [1.54, 1.807) is 0 Å². The van der Waals surface area contributed by atoms with E-state index in [9.17, 15) is 9.90 Å². The third-order valence-electron chi connectivity index (χ3n) is 1.77. The minimum atomic E-state index is -1.47. The number of terminal acetylenes is 1. The summed E-state index contributed by atoms with van der Waals surface area (Å²) in [5.74, 6) is 1.87. The van der Waals surface area contributed by atoms with Gasteiger partial charge in [-0.1, -0.05) is 0 Å². The minimum absolute atomic E-state index is 0.171. The zero-order valence-electron chi connectivity index (χ0n) is 8.67. The zero-order chi connectivity index (χ0) is 11.0. The number of ether oxygens (including phenoxy) is 1. The van der Waals surface area contributed by atoms with E-state index < -0.39 is 11.6 Å². The van der Waals surface area contributed by atoms with Crippen molar-refractivity contribution in [1.82, 2.24) is 5.32 Å². The summed E-state index contributed by atoms with van der Waals surface area (Å²) in [4.78, 5) is 11.0. The van der Waals surface area contributed by atoms with Crippen LogP contribution >= 0.6 is 0 Å². The molecule has 80 valence electrons. The molecule has 0 saturated heterocycles. The first-order valence-electron chi connectivity index (χ1n) is 4.49. The number of rotatable bonds is 6. The average molecular weight is 199 g/mol. The Labute approximate surface area is 84.6 Å². The van der Waals surface area contributed by atoms with E-state index >= 15 is 0 Å². The van der Waals surface area contributed by atoms with E-state index in [0.717, 1.165) is 6.42 Å². The molecule has 0 bridgehead atoms. The van der Waals surface area contributed by atoms with E-state index in [1.807, 2.05) is 0 Å². The lowest BCUT2D eigenvalue weighted by Crippen LogP contribution is -2.45. The molecule has 14 heavy (non-hydrogen) atoms. The normalized spacial score (nSPS) is 14.1. The van der Waals surface area contributed by atoms with Crippen LogP contribution in [0.15, 0.2) is 0 Å². The van der Waals surface area contributed by atoms with Gasteiger partial charge in [-0.3, -0.25) is 0 Å². The van der Waals surface area contributed by atoms with Crippen LogP contribution in [0.4, 0.5) is 0 Å². The maximum Gasteiger partial charge on any atom is 0.338 e. The van der Waals surface area contributed by atoms with Crippen LogP contribution in [-0.2, 0) is 9.53 Å². The predicted octanol–water partition coefficient (Wildman–Crippen LogP) is -0.0866. The van der Waals surface area contributed by atoms with E-state index in [2.05, 4.69) is 16.0 Å². The van der Waals surface area contributed by atoms with Gasteiger partial charge in [-0.25, -0.2) is 4.79 Å². The highest BCUT2D eigenvalue weighted by atomic mass is 16.5. The van der Waals surface area contributed by atoms with Crippen LogP contribution in [0, 0.1) is 12.3 Å². The van der Waals surface area contributed by atoms with Crippen molar-refractivity contribution in [3.63, 3.8) is 0 Å². The minimum Gasteiger partial charge on any atom is -0.467 e. The molecule has 0 spiro atoms. The molecule has 0 amide bonds. The molecule has 0 aromatic heterocycles. The molecule has 0 heterocycles. The molecule has 0 aromatic carbocycles. The Morgan fingerprint density at radius 1 is 1.71 bits per heavy atom. The first-order valence-corrected chi connectivity index (χ1v) is 4.49. The van der Waals surface area contributed by atoms with Crippen molar-refractivity contribution in [1.29, 1.82) is 0 Å². The number of hydrogen-bond donors (Lipinski definition) is 2. The molecule has 0 aliphatic rings. The van der Waals surface area contributed by atoms with E-state index in [0.29, 0.717) is 13.0 Å². The van der Waals surface area contributed by atoms with Gasteiger partial charge in [0.05, 0.1) is 7.11 Å². The predicted molar refractivity (Wildman–Crippen MR) is 53.6 cm³/mol. The number of carbonyl (C=O) groups is 1. The number of unbranched alkanes of at least 4 members (excludes halogenated alkanes) is 1. The van der Waals surface area contributed by atoms with Crippen LogP contribution in [0.2, 0.25) is 0 Å². The fraction of sp³-hybridized carbons (Fsp3) is 0.700. The van der Waals surface area contributed by atoms with Crippen molar-refractivity contribution >= 4 is 5.97 Å². The fourth-order valence-corrected chi connectivity index (χ4v) is 0.939. The molecule has 0 aliphatic heterocycles. The van der Waals surface area contributed by atoms with Crippen LogP contribution in [-0.4, -0.2) is 36.9 Å². The Kier molecular flexibility index (Phi) is 5.93. The van der Waals surface area contributed by atoms with Crippen LogP contribution in [0.5, 0.6) is 0 Å². The summed E-state index contributed by atoms with van der Waals surface area (Å²) >= 11 is 0. The highest BCUT2D eigenvalue weighted by Gasteiger charge is 2.30. The first-order chi connectivity index (χ1) is 6.54. The van der Waals surface area contributed by atoms with E-state index in [4.69, 9.17) is 6.42 Å². The molecule has 0 fully saturated rings. The molecule has 4 heteroatoms. The fourth-order valence-electron chi connectivity index (χ4n) is 0.939. The molecule has 4 nitrogen and oxygen atoms in total. The summed E-state index contributed by atoms with van der Waals surface area (Å²) < 4.78 is 4.43. The van der Waals surface area contributed by atoms with Crippen LogP contribution in [0.1, 0.15) is 19.8 Å². The molecule has 0 aromatic rings. The molecule has 2 N–H and O–H groups in total. The number of esters is 1. The summed E-state index contributed by atoms with van der Waals surface area (Å²) in [7, 11) is 1.25. The lowest BCUT2D eigenvalue weighted by Gasteiger charge is -2.20. The molecule has 1 atom stereocenters. The van der Waals surface area contributed by atoms with Gasteiger partial charge in [0, 0.05) is 13.0 Å². The van der Waals surface area contributed by atoms with Crippen LogP contribution < -0.4 is 5.32 Å². The van der Waals surface area contributed by atoms with Gasteiger partial charge in [0.1, 0.15) is 0 Å². The van der Waals surface area contributed by atoms with Crippen molar-refractivity contribution in [2.24, 2.45) is 0 Å². The second kappa shape index (κ2) is 6.41. The molecule has 0 aliphatic carbocycles. The quantitative estimate of drug-likeness (QED) is 0.357. The Bertz CT molecular complexity index is 218.